The van der Waals surface area contributed by atoms with Gasteiger partial charge in [-0.15, -0.1) is 0 Å². The van der Waals surface area contributed by atoms with E-state index >= 15 is 0 Å². The van der Waals surface area contributed by atoms with Crippen LogP contribution in [0.2, 0.25) is 0 Å². The third kappa shape index (κ3) is 6.93. The van der Waals surface area contributed by atoms with Crippen LogP contribution >= 0.6 is 0 Å². The molecule has 10 heteroatoms. The van der Waals surface area contributed by atoms with Gasteiger partial charge < -0.3 is 25.2 Å². The van der Waals surface area contributed by atoms with E-state index in [1.54, 1.807) is 31.8 Å². The van der Waals surface area contributed by atoms with Crippen molar-refractivity contribution in [1.82, 2.24) is 29.7 Å². The van der Waals surface area contributed by atoms with Gasteiger partial charge in [-0.05, 0) is 62.9 Å². The number of fused-ring (bicyclic) bond motifs is 1. The first-order valence-electron chi connectivity index (χ1n) is 16.4. The van der Waals surface area contributed by atoms with Crippen LogP contribution in [0, 0.1) is 12.8 Å². The van der Waals surface area contributed by atoms with Crippen molar-refractivity contribution in [3.8, 4) is 5.75 Å². The summed E-state index contributed by atoms with van der Waals surface area (Å²) in [5.74, 6) is 2.34. The van der Waals surface area contributed by atoms with Gasteiger partial charge in [0.2, 0.25) is 5.95 Å². The summed E-state index contributed by atoms with van der Waals surface area (Å²) in [6.07, 6.45) is 10.3. The zero-order valence-electron chi connectivity index (χ0n) is 27.9. The molecule has 0 atom stereocenters. The van der Waals surface area contributed by atoms with Gasteiger partial charge in [0.25, 0.3) is 0 Å². The monoisotopic (exact) mass is 621 g/mol. The predicted octanol–water partition coefficient (Wildman–Crippen LogP) is 6.28. The Kier molecular flexibility index (Phi) is 9.65. The van der Waals surface area contributed by atoms with E-state index in [0.29, 0.717) is 23.7 Å². The summed E-state index contributed by atoms with van der Waals surface area (Å²) in [6, 6.07) is 9.01. The quantitative estimate of drug-likeness (QED) is 0.211. The van der Waals surface area contributed by atoms with Gasteiger partial charge in [0, 0.05) is 92.5 Å². The van der Waals surface area contributed by atoms with Crippen LogP contribution in [-0.4, -0.2) is 89.2 Å². The van der Waals surface area contributed by atoms with Crippen LogP contribution in [0.3, 0.4) is 0 Å². The number of likely N-dealkylation sites (N-methyl/N-ethyl adjacent to an activating group) is 1. The van der Waals surface area contributed by atoms with E-state index in [4.69, 9.17) is 9.72 Å². The molecule has 0 saturated carbocycles. The maximum absolute atomic E-state index is 5.89. The molecule has 0 bridgehead atoms. The molecule has 4 heterocycles. The topological polar surface area (TPSA) is 94.6 Å². The molecule has 0 aliphatic carbocycles. The first-order valence-corrected chi connectivity index (χ1v) is 16.4. The second-order valence-electron chi connectivity index (χ2n) is 13.0. The second kappa shape index (κ2) is 14.0. The summed E-state index contributed by atoms with van der Waals surface area (Å²) in [5, 5.41) is 6.99. The van der Waals surface area contributed by atoms with Crippen molar-refractivity contribution < 1.29 is 4.74 Å². The highest BCUT2D eigenvalue weighted by molar-refractivity contribution is 5.85. The minimum atomic E-state index is 0.441. The summed E-state index contributed by atoms with van der Waals surface area (Å²) in [4.78, 5) is 26.3. The number of nitrogens with zero attached hydrogens (tertiary/aromatic N) is 7. The van der Waals surface area contributed by atoms with Gasteiger partial charge in [-0.3, -0.25) is 14.9 Å². The predicted molar refractivity (Wildman–Crippen MR) is 189 cm³/mol. The molecule has 2 fully saturated rings. The van der Waals surface area contributed by atoms with Crippen LogP contribution in [0.5, 0.6) is 5.75 Å². The maximum Gasteiger partial charge on any atom is 0.229 e. The summed E-state index contributed by atoms with van der Waals surface area (Å²) in [6.45, 7) is 17.4. The average Bonchev–Trinajstić information content (AvgIpc) is 3.06. The molecule has 2 aromatic carbocycles. The number of aromatic nitrogens is 4. The van der Waals surface area contributed by atoms with Gasteiger partial charge in [0.1, 0.15) is 11.6 Å². The molecule has 10 nitrogen and oxygen atoms in total. The number of benzene rings is 2. The molecule has 2 aromatic heterocycles. The van der Waals surface area contributed by atoms with Crippen molar-refractivity contribution in [1.29, 1.82) is 0 Å². The molecule has 242 valence electrons. The van der Waals surface area contributed by atoms with Crippen LogP contribution in [-0.2, 0) is 6.42 Å². The van der Waals surface area contributed by atoms with Crippen LogP contribution in [0.15, 0.2) is 49.4 Å². The van der Waals surface area contributed by atoms with Crippen molar-refractivity contribution in [3.63, 3.8) is 0 Å². The fourth-order valence-corrected chi connectivity index (χ4v) is 6.72. The molecule has 2 aliphatic rings. The summed E-state index contributed by atoms with van der Waals surface area (Å²) < 4.78 is 5.89. The normalized spacial score (nSPS) is 16.6. The molecule has 4 aromatic rings. The summed E-state index contributed by atoms with van der Waals surface area (Å²) >= 11 is 0. The first kappa shape index (κ1) is 31.7. The minimum Gasteiger partial charge on any atom is -0.494 e. The lowest BCUT2D eigenvalue weighted by atomic mass is 9.99. The molecule has 0 radical (unpaired) electrons. The third-order valence-electron chi connectivity index (χ3n) is 9.27. The molecule has 2 saturated heterocycles. The highest BCUT2D eigenvalue weighted by Crippen LogP contribution is 2.37. The number of piperidine rings is 1. The van der Waals surface area contributed by atoms with E-state index < -0.39 is 0 Å². The van der Waals surface area contributed by atoms with Crippen molar-refractivity contribution in [2.45, 2.75) is 46.1 Å². The molecular formula is C36H47N9O. The first-order chi connectivity index (χ1) is 22.3. The zero-order chi connectivity index (χ0) is 32.2. The molecule has 2 aliphatic heterocycles. The van der Waals surface area contributed by atoms with E-state index in [0.717, 1.165) is 58.8 Å². The number of aryl methyl sites for hydroxylation is 1. The van der Waals surface area contributed by atoms with Crippen molar-refractivity contribution in [2.24, 2.45) is 5.92 Å². The SMILES string of the molecule is C=Cc1cnc(Nc2cc(C)c(N3CCC(N4CCN(C)CC4)CC3)cc2OC)nc1Nc1ccc2nccnc2c1CC(C)C. The lowest BCUT2D eigenvalue weighted by molar-refractivity contribution is 0.0982. The fraction of sp³-hybridized carbons (Fsp3) is 0.444. The number of anilines is 5. The smallest absolute Gasteiger partial charge is 0.229 e. The number of methoxy groups -OCH3 is 1. The van der Waals surface area contributed by atoms with Crippen molar-refractivity contribution in [2.75, 3.05) is 69.0 Å². The van der Waals surface area contributed by atoms with Crippen molar-refractivity contribution in [3.05, 3.63) is 66.1 Å². The van der Waals surface area contributed by atoms with E-state index in [9.17, 15) is 0 Å². The summed E-state index contributed by atoms with van der Waals surface area (Å²) in [7, 11) is 3.94. The Hall–Kier alpha value is -4.28. The van der Waals surface area contributed by atoms with Gasteiger partial charge in [-0.2, -0.15) is 4.98 Å². The van der Waals surface area contributed by atoms with Gasteiger partial charge in [0.05, 0.1) is 23.8 Å². The Morgan fingerprint density at radius 3 is 2.46 bits per heavy atom. The molecule has 0 unspecified atom stereocenters. The lowest BCUT2D eigenvalue weighted by Gasteiger charge is -2.43. The minimum absolute atomic E-state index is 0.441. The van der Waals surface area contributed by atoms with E-state index in [-0.39, 0.29) is 0 Å². The Labute approximate surface area is 272 Å². The Morgan fingerprint density at radius 1 is 0.978 bits per heavy atom. The van der Waals surface area contributed by atoms with E-state index in [1.807, 2.05) is 6.07 Å². The largest absolute Gasteiger partial charge is 0.494 e. The lowest BCUT2D eigenvalue weighted by Crippen LogP contribution is -2.52. The number of piperazine rings is 1. The third-order valence-corrected chi connectivity index (χ3v) is 9.27. The molecule has 0 amide bonds. The average molecular weight is 622 g/mol. The van der Waals surface area contributed by atoms with E-state index in [2.05, 4.69) is 92.9 Å². The summed E-state index contributed by atoms with van der Waals surface area (Å²) in [5.41, 5.74) is 7.89. The molecule has 6 rings (SSSR count). The fourth-order valence-electron chi connectivity index (χ4n) is 6.72. The van der Waals surface area contributed by atoms with Crippen LogP contribution in [0.4, 0.5) is 28.8 Å². The highest BCUT2D eigenvalue weighted by atomic mass is 16.5. The second-order valence-corrected chi connectivity index (χ2v) is 13.0. The highest BCUT2D eigenvalue weighted by Gasteiger charge is 2.28. The standard InChI is InChI=1S/C36H47N9O/c1-7-26-23-39-36(42-35(26)40-29-8-9-30-34(38-13-12-37-30)28(29)20-24(2)3)41-31-21-25(4)32(22-33(31)46-6)45-14-10-27(11-15-45)44-18-16-43(5)17-19-44/h7-9,12-13,21-24,27H,1,10-11,14-20H2,2-6H3,(H2,39,40,41,42). The van der Waals surface area contributed by atoms with Crippen LogP contribution in [0.25, 0.3) is 17.1 Å². The molecule has 2 N–H and O–H groups in total. The van der Waals surface area contributed by atoms with Gasteiger partial charge in [0.15, 0.2) is 0 Å². The van der Waals surface area contributed by atoms with Gasteiger partial charge >= 0.3 is 0 Å². The van der Waals surface area contributed by atoms with Crippen LogP contribution < -0.4 is 20.3 Å². The Morgan fingerprint density at radius 2 is 1.74 bits per heavy atom. The van der Waals surface area contributed by atoms with Crippen LogP contribution in [0.1, 0.15) is 43.4 Å². The van der Waals surface area contributed by atoms with Gasteiger partial charge in [-0.1, -0.05) is 26.5 Å². The molecular weight excluding hydrogens is 574 g/mol. The van der Waals surface area contributed by atoms with E-state index in [1.165, 1.54) is 50.3 Å². The number of rotatable bonds is 10. The number of hydrogen-bond donors (Lipinski definition) is 2. The Balaban J connectivity index is 1.21. The molecule has 0 spiro atoms. The number of ether oxygens (including phenoxy) is 1. The maximum atomic E-state index is 5.89. The molecule has 46 heavy (non-hydrogen) atoms. The zero-order valence-corrected chi connectivity index (χ0v) is 27.9. The Bertz CT molecular complexity index is 1670. The number of hydrogen-bond acceptors (Lipinski definition) is 10. The van der Waals surface area contributed by atoms with Gasteiger partial charge in [-0.25, -0.2) is 4.98 Å². The van der Waals surface area contributed by atoms with Crippen molar-refractivity contribution >= 4 is 45.9 Å². The number of nitrogens with one attached hydrogen (secondary N) is 2.